The predicted molar refractivity (Wildman–Crippen MR) is 87.0 cm³/mol. The number of rotatable bonds is 3. The highest BCUT2D eigenvalue weighted by molar-refractivity contribution is 9.10. The molecule has 0 aromatic heterocycles. The van der Waals surface area contributed by atoms with Crippen molar-refractivity contribution < 1.29 is 4.90 Å². The van der Waals surface area contributed by atoms with Crippen molar-refractivity contribution in [3.63, 3.8) is 0 Å². The van der Waals surface area contributed by atoms with E-state index in [0.717, 1.165) is 4.47 Å². The molecule has 2 heteroatoms. The van der Waals surface area contributed by atoms with Crippen LogP contribution in [-0.4, -0.2) is 0 Å². The zero-order chi connectivity index (χ0) is 13.8. The van der Waals surface area contributed by atoms with Gasteiger partial charge in [-0.25, -0.2) is 4.90 Å². The van der Waals surface area contributed by atoms with Crippen molar-refractivity contribution in [2.45, 2.75) is 0 Å². The molecule has 0 bridgehead atoms. The summed E-state index contributed by atoms with van der Waals surface area (Å²) in [7, 11) is 0. The lowest BCUT2D eigenvalue weighted by molar-refractivity contribution is -0.681. The van der Waals surface area contributed by atoms with Gasteiger partial charge in [0.15, 0.2) is 0 Å². The molecule has 0 amide bonds. The summed E-state index contributed by atoms with van der Waals surface area (Å²) in [5.41, 5.74) is 3.70. The molecule has 0 radical (unpaired) electrons. The summed E-state index contributed by atoms with van der Waals surface area (Å²) in [6.07, 6.45) is 0. The summed E-state index contributed by atoms with van der Waals surface area (Å²) in [6.45, 7) is 0. The summed E-state index contributed by atoms with van der Waals surface area (Å²) in [5.74, 6) is 0. The minimum atomic E-state index is 1.10. The highest BCUT2D eigenvalue weighted by Gasteiger charge is 2.17. The molecule has 0 unspecified atom stereocenters. The SMILES string of the molecule is Brc1ccc([NH+](c2ccccc2)c2ccccc2)cc1. The highest BCUT2D eigenvalue weighted by atomic mass is 79.9. The van der Waals surface area contributed by atoms with Crippen molar-refractivity contribution in [1.82, 2.24) is 0 Å². The van der Waals surface area contributed by atoms with Crippen LogP contribution in [0.25, 0.3) is 0 Å². The van der Waals surface area contributed by atoms with Gasteiger partial charge in [-0.05, 0) is 36.4 Å². The van der Waals surface area contributed by atoms with E-state index in [4.69, 9.17) is 0 Å². The monoisotopic (exact) mass is 324 g/mol. The molecule has 0 saturated carbocycles. The van der Waals surface area contributed by atoms with E-state index in [1.807, 2.05) is 12.1 Å². The Morgan fingerprint density at radius 2 is 0.900 bits per heavy atom. The topological polar surface area (TPSA) is 4.44 Å². The normalized spacial score (nSPS) is 10.7. The van der Waals surface area contributed by atoms with Crippen molar-refractivity contribution >= 4 is 33.0 Å². The maximum atomic E-state index is 3.50. The molecule has 3 aromatic rings. The molecule has 20 heavy (non-hydrogen) atoms. The summed E-state index contributed by atoms with van der Waals surface area (Å²) in [4.78, 5) is 1.26. The molecule has 0 aliphatic carbocycles. The molecule has 0 saturated heterocycles. The Hall–Kier alpha value is -1.90. The Bertz CT molecular complexity index is 623. The number of halogens is 1. The highest BCUT2D eigenvalue weighted by Crippen LogP contribution is 2.17. The molecule has 1 N–H and O–H groups in total. The van der Waals surface area contributed by atoms with Crippen LogP contribution in [0.15, 0.2) is 89.4 Å². The third-order valence-electron chi connectivity index (χ3n) is 3.26. The van der Waals surface area contributed by atoms with Crippen LogP contribution in [-0.2, 0) is 0 Å². The van der Waals surface area contributed by atoms with Crippen LogP contribution >= 0.6 is 15.9 Å². The lowest BCUT2D eigenvalue weighted by Crippen LogP contribution is -2.96. The Balaban J connectivity index is 2.11. The van der Waals surface area contributed by atoms with Gasteiger partial charge >= 0.3 is 0 Å². The standard InChI is InChI=1S/C18H14BrN/c19-15-11-13-18(14-12-15)20(16-7-3-1-4-8-16)17-9-5-2-6-10-17/h1-14H/p+1. The Labute approximate surface area is 127 Å². The van der Waals surface area contributed by atoms with E-state index in [2.05, 4.69) is 88.7 Å². The van der Waals surface area contributed by atoms with Gasteiger partial charge in [0.05, 0.1) is 0 Å². The predicted octanol–water partition coefficient (Wildman–Crippen LogP) is 4.63. The third-order valence-corrected chi connectivity index (χ3v) is 3.79. The molecule has 0 aliphatic rings. The van der Waals surface area contributed by atoms with Gasteiger partial charge in [0, 0.05) is 16.6 Å². The molecule has 0 spiro atoms. The van der Waals surface area contributed by atoms with E-state index in [1.54, 1.807) is 0 Å². The first-order chi connectivity index (χ1) is 9.84. The van der Waals surface area contributed by atoms with E-state index in [0.29, 0.717) is 0 Å². The van der Waals surface area contributed by atoms with E-state index in [1.165, 1.54) is 22.0 Å². The van der Waals surface area contributed by atoms with Gasteiger partial charge in [0.25, 0.3) is 0 Å². The fourth-order valence-electron chi connectivity index (χ4n) is 2.33. The number of benzene rings is 3. The number of para-hydroxylation sites is 2. The van der Waals surface area contributed by atoms with Crippen LogP contribution in [0.4, 0.5) is 17.1 Å². The van der Waals surface area contributed by atoms with Gasteiger partial charge in [-0.1, -0.05) is 52.3 Å². The molecule has 0 fully saturated rings. The minimum absolute atomic E-state index is 1.10. The first-order valence-corrected chi connectivity index (χ1v) is 7.37. The fourth-order valence-corrected chi connectivity index (χ4v) is 2.59. The largest absolute Gasteiger partial charge is 0.238 e. The zero-order valence-electron chi connectivity index (χ0n) is 11.0. The van der Waals surface area contributed by atoms with E-state index >= 15 is 0 Å². The quantitative estimate of drug-likeness (QED) is 0.716. The van der Waals surface area contributed by atoms with Crippen LogP contribution in [0, 0.1) is 0 Å². The van der Waals surface area contributed by atoms with Crippen molar-refractivity contribution in [1.29, 1.82) is 0 Å². The van der Waals surface area contributed by atoms with Crippen LogP contribution < -0.4 is 4.90 Å². The number of hydrogen-bond donors (Lipinski definition) is 1. The Kier molecular flexibility index (Phi) is 3.95. The fraction of sp³-hybridized carbons (Fsp3) is 0. The molecule has 3 aromatic carbocycles. The molecule has 0 heterocycles. The van der Waals surface area contributed by atoms with Crippen LogP contribution in [0.2, 0.25) is 0 Å². The molecule has 3 rings (SSSR count). The zero-order valence-corrected chi connectivity index (χ0v) is 12.5. The number of nitrogens with one attached hydrogen (secondary N) is 1. The van der Waals surface area contributed by atoms with Crippen molar-refractivity contribution in [3.8, 4) is 0 Å². The van der Waals surface area contributed by atoms with Crippen molar-refractivity contribution in [3.05, 3.63) is 89.4 Å². The van der Waals surface area contributed by atoms with E-state index in [9.17, 15) is 0 Å². The molecule has 1 nitrogen and oxygen atoms in total. The van der Waals surface area contributed by atoms with Gasteiger partial charge in [-0.15, -0.1) is 0 Å². The molecule has 0 atom stereocenters. The smallest absolute Gasteiger partial charge is 0.141 e. The summed E-state index contributed by atoms with van der Waals surface area (Å²) < 4.78 is 1.10. The first kappa shape index (κ1) is 13.1. The lowest BCUT2D eigenvalue weighted by atomic mass is 10.2. The maximum Gasteiger partial charge on any atom is 0.141 e. The van der Waals surface area contributed by atoms with Crippen LogP contribution in [0.5, 0.6) is 0 Å². The Morgan fingerprint density at radius 3 is 1.35 bits per heavy atom. The van der Waals surface area contributed by atoms with Gasteiger partial charge in [-0.2, -0.15) is 0 Å². The first-order valence-electron chi connectivity index (χ1n) is 6.58. The number of quaternary nitrogens is 1. The second kappa shape index (κ2) is 6.04. The van der Waals surface area contributed by atoms with Crippen molar-refractivity contribution in [2.75, 3.05) is 0 Å². The number of hydrogen-bond acceptors (Lipinski definition) is 0. The van der Waals surface area contributed by atoms with Crippen molar-refractivity contribution in [2.24, 2.45) is 0 Å². The van der Waals surface area contributed by atoms with Gasteiger partial charge in [0.1, 0.15) is 17.1 Å². The average molecular weight is 325 g/mol. The van der Waals surface area contributed by atoms with Gasteiger partial charge in [-0.3, -0.25) is 0 Å². The molecule has 0 aliphatic heterocycles. The van der Waals surface area contributed by atoms with E-state index < -0.39 is 0 Å². The van der Waals surface area contributed by atoms with Crippen LogP contribution in [0.3, 0.4) is 0 Å². The second-order valence-corrected chi connectivity index (χ2v) is 5.53. The van der Waals surface area contributed by atoms with E-state index in [-0.39, 0.29) is 0 Å². The van der Waals surface area contributed by atoms with Gasteiger partial charge in [0.2, 0.25) is 0 Å². The third kappa shape index (κ3) is 2.82. The molecular weight excluding hydrogens is 310 g/mol. The average Bonchev–Trinajstić information content (AvgIpc) is 2.52. The Morgan fingerprint density at radius 1 is 0.500 bits per heavy atom. The minimum Gasteiger partial charge on any atom is -0.238 e. The summed E-state index contributed by atoms with van der Waals surface area (Å²) >= 11 is 3.50. The molecule has 98 valence electrons. The maximum absolute atomic E-state index is 3.50. The summed E-state index contributed by atoms with van der Waals surface area (Å²) in [5, 5.41) is 0. The van der Waals surface area contributed by atoms with Gasteiger partial charge < -0.3 is 0 Å². The lowest BCUT2D eigenvalue weighted by Gasteiger charge is -2.18. The summed E-state index contributed by atoms with van der Waals surface area (Å²) in [6, 6.07) is 29.5. The molecular formula is C18H15BrN+. The second-order valence-electron chi connectivity index (χ2n) is 4.61. The van der Waals surface area contributed by atoms with Crippen LogP contribution in [0.1, 0.15) is 0 Å².